The van der Waals surface area contributed by atoms with Crippen molar-refractivity contribution in [3.63, 3.8) is 0 Å². The Hall–Kier alpha value is -0.570. The molecule has 3 heteroatoms. The minimum Gasteiger partial charge on any atom is -0.353 e. The predicted molar refractivity (Wildman–Crippen MR) is 79.0 cm³/mol. The average molecular weight is 266 g/mol. The fourth-order valence-corrected chi connectivity index (χ4v) is 3.85. The maximum absolute atomic E-state index is 12.7. The van der Waals surface area contributed by atoms with Gasteiger partial charge in [0.1, 0.15) is 0 Å². The molecule has 2 unspecified atom stereocenters. The predicted octanol–water partition coefficient (Wildman–Crippen LogP) is 2.85. The van der Waals surface area contributed by atoms with Gasteiger partial charge in [-0.1, -0.05) is 33.1 Å². The number of rotatable bonds is 4. The van der Waals surface area contributed by atoms with Gasteiger partial charge in [0.05, 0.1) is 5.41 Å². The first-order valence-electron chi connectivity index (χ1n) is 8.23. The Kier molecular flexibility index (Phi) is 5.26. The van der Waals surface area contributed by atoms with E-state index in [2.05, 4.69) is 24.5 Å². The molecule has 2 fully saturated rings. The van der Waals surface area contributed by atoms with E-state index >= 15 is 0 Å². The highest BCUT2D eigenvalue weighted by molar-refractivity contribution is 5.83. The van der Waals surface area contributed by atoms with Crippen LogP contribution in [0, 0.1) is 11.3 Å². The summed E-state index contributed by atoms with van der Waals surface area (Å²) in [6.07, 6.45) is 9.27. The zero-order valence-corrected chi connectivity index (χ0v) is 12.6. The molecule has 110 valence electrons. The quantitative estimate of drug-likeness (QED) is 0.821. The number of hydrogen-bond donors (Lipinski definition) is 2. The lowest BCUT2D eigenvalue weighted by Crippen LogP contribution is -2.52. The summed E-state index contributed by atoms with van der Waals surface area (Å²) in [4.78, 5) is 12.7. The van der Waals surface area contributed by atoms with Crippen molar-refractivity contribution in [3.05, 3.63) is 0 Å². The van der Waals surface area contributed by atoms with Crippen LogP contribution in [-0.4, -0.2) is 25.0 Å². The molecule has 1 amide bonds. The first-order chi connectivity index (χ1) is 9.22. The molecule has 2 atom stereocenters. The molecule has 3 nitrogen and oxygen atoms in total. The summed E-state index contributed by atoms with van der Waals surface area (Å²) in [5, 5.41) is 6.79. The number of carbonyl (C=O) groups excluding carboxylic acids is 1. The van der Waals surface area contributed by atoms with Crippen molar-refractivity contribution in [2.24, 2.45) is 11.3 Å². The second-order valence-electron chi connectivity index (χ2n) is 6.42. The first-order valence-corrected chi connectivity index (χ1v) is 8.23. The number of carbonyl (C=O) groups is 1. The maximum atomic E-state index is 12.7. The SMILES string of the molecule is CCC1CCCCC1NC(=O)C1(CC)CCNCC1. The third-order valence-corrected chi connectivity index (χ3v) is 5.47. The van der Waals surface area contributed by atoms with Crippen LogP contribution in [-0.2, 0) is 4.79 Å². The van der Waals surface area contributed by atoms with Crippen LogP contribution in [0.15, 0.2) is 0 Å². The Bertz CT molecular complexity index is 297. The van der Waals surface area contributed by atoms with Crippen molar-refractivity contribution in [2.75, 3.05) is 13.1 Å². The van der Waals surface area contributed by atoms with Crippen LogP contribution >= 0.6 is 0 Å². The van der Waals surface area contributed by atoms with E-state index in [0.717, 1.165) is 32.4 Å². The first kappa shape index (κ1) is 14.8. The van der Waals surface area contributed by atoms with Crippen LogP contribution in [0.2, 0.25) is 0 Å². The van der Waals surface area contributed by atoms with Crippen molar-refractivity contribution in [1.29, 1.82) is 0 Å². The molecule has 0 aromatic carbocycles. The highest BCUT2D eigenvalue weighted by atomic mass is 16.2. The summed E-state index contributed by atoms with van der Waals surface area (Å²) in [6, 6.07) is 0.435. The van der Waals surface area contributed by atoms with E-state index in [0.29, 0.717) is 17.9 Å². The largest absolute Gasteiger partial charge is 0.353 e. The molecule has 2 rings (SSSR count). The molecule has 1 aliphatic heterocycles. The molecule has 2 N–H and O–H groups in total. The van der Waals surface area contributed by atoms with Gasteiger partial charge in [-0.3, -0.25) is 4.79 Å². The standard InChI is InChI=1S/C16H30N2O/c1-3-13-7-5-6-8-14(13)18-15(19)16(4-2)9-11-17-12-10-16/h13-14,17H,3-12H2,1-2H3,(H,18,19). The molecular weight excluding hydrogens is 236 g/mol. The van der Waals surface area contributed by atoms with Gasteiger partial charge in [-0.15, -0.1) is 0 Å². The number of hydrogen-bond acceptors (Lipinski definition) is 2. The number of piperidine rings is 1. The van der Waals surface area contributed by atoms with Crippen LogP contribution in [0.5, 0.6) is 0 Å². The molecule has 0 radical (unpaired) electrons. The normalized spacial score (nSPS) is 30.8. The summed E-state index contributed by atoms with van der Waals surface area (Å²) in [5.74, 6) is 1.04. The Morgan fingerprint density at radius 3 is 2.53 bits per heavy atom. The lowest BCUT2D eigenvalue weighted by Gasteiger charge is -2.39. The fraction of sp³-hybridized carbons (Fsp3) is 0.938. The Balaban J connectivity index is 1.98. The zero-order valence-electron chi connectivity index (χ0n) is 12.6. The van der Waals surface area contributed by atoms with Gasteiger partial charge in [-0.2, -0.15) is 0 Å². The van der Waals surface area contributed by atoms with E-state index in [1.807, 2.05) is 0 Å². The van der Waals surface area contributed by atoms with Crippen LogP contribution in [0.1, 0.15) is 65.2 Å². The molecule has 2 aliphatic rings. The molecule has 0 spiro atoms. The summed E-state index contributed by atoms with van der Waals surface area (Å²) < 4.78 is 0. The molecule has 0 aromatic rings. The minimum atomic E-state index is -0.0962. The van der Waals surface area contributed by atoms with Crippen molar-refractivity contribution >= 4 is 5.91 Å². The summed E-state index contributed by atoms with van der Waals surface area (Å²) in [6.45, 7) is 6.41. The highest BCUT2D eigenvalue weighted by Gasteiger charge is 2.39. The van der Waals surface area contributed by atoms with E-state index in [4.69, 9.17) is 0 Å². The lowest BCUT2D eigenvalue weighted by atomic mass is 9.75. The second kappa shape index (κ2) is 6.74. The molecule has 1 saturated heterocycles. The summed E-state index contributed by atoms with van der Waals surface area (Å²) in [5.41, 5.74) is -0.0962. The number of amides is 1. The van der Waals surface area contributed by atoms with Gasteiger partial charge < -0.3 is 10.6 Å². The Morgan fingerprint density at radius 1 is 1.21 bits per heavy atom. The molecule has 19 heavy (non-hydrogen) atoms. The van der Waals surface area contributed by atoms with Gasteiger partial charge >= 0.3 is 0 Å². The summed E-state index contributed by atoms with van der Waals surface area (Å²) in [7, 11) is 0. The van der Waals surface area contributed by atoms with Gasteiger partial charge in [0.15, 0.2) is 0 Å². The van der Waals surface area contributed by atoms with Crippen LogP contribution < -0.4 is 10.6 Å². The van der Waals surface area contributed by atoms with Gasteiger partial charge in [0.2, 0.25) is 5.91 Å². The van der Waals surface area contributed by atoms with E-state index < -0.39 is 0 Å². The van der Waals surface area contributed by atoms with Gasteiger partial charge in [-0.25, -0.2) is 0 Å². The average Bonchev–Trinajstić information content (AvgIpc) is 2.48. The van der Waals surface area contributed by atoms with Crippen LogP contribution in [0.3, 0.4) is 0 Å². The van der Waals surface area contributed by atoms with Crippen LogP contribution in [0.4, 0.5) is 0 Å². The molecule has 0 bridgehead atoms. The third kappa shape index (κ3) is 3.31. The van der Waals surface area contributed by atoms with Crippen molar-refractivity contribution in [2.45, 2.75) is 71.3 Å². The van der Waals surface area contributed by atoms with Gasteiger partial charge in [0, 0.05) is 6.04 Å². The fourth-order valence-electron chi connectivity index (χ4n) is 3.85. The molecule has 1 heterocycles. The van der Waals surface area contributed by atoms with Crippen molar-refractivity contribution < 1.29 is 4.79 Å². The smallest absolute Gasteiger partial charge is 0.226 e. The highest BCUT2D eigenvalue weighted by Crippen LogP contribution is 2.34. The van der Waals surface area contributed by atoms with Crippen molar-refractivity contribution in [1.82, 2.24) is 10.6 Å². The van der Waals surface area contributed by atoms with E-state index in [1.54, 1.807) is 0 Å². The molecular formula is C16H30N2O. The number of nitrogens with one attached hydrogen (secondary N) is 2. The lowest BCUT2D eigenvalue weighted by molar-refractivity contribution is -0.134. The van der Waals surface area contributed by atoms with Crippen LogP contribution in [0.25, 0.3) is 0 Å². The maximum Gasteiger partial charge on any atom is 0.226 e. The molecule has 1 aliphatic carbocycles. The monoisotopic (exact) mass is 266 g/mol. The van der Waals surface area contributed by atoms with E-state index in [9.17, 15) is 4.79 Å². The topological polar surface area (TPSA) is 41.1 Å². The minimum absolute atomic E-state index is 0.0962. The van der Waals surface area contributed by atoms with E-state index in [1.165, 1.54) is 32.1 Å². The second-order valence-corrected chi connectivity index (χ2v) is 6.42. The zero-order chi connectivity index (χ0) is 13.7. The van der Waals surface area contributed by atoms with Gasteiger partial charge in [0.25, 0.3) is 0 Å². The Labute approximate surface area is 117 Å². The molecule has 1 saturated carbocycles. The summed E-state index contributed by atoms with van der Waals surface area (Å²) >= 11 is 0. The Morgan fingerprint density at radius 2 is 1.89 bits per heavy atom. The van der Waals surface area contributed by atoms with E-state index in [-0.39, 0.29) is 5.41 Å². The van der Waals surface area contributed by atoms with Crippen molar-refractivity contribution in [3.8, 4) is 0 Å². The third-order valence-electron chi connectivity index (χ3n) is 5.47. The molecule has 0 aromatic heterocycles. The van der Waals surface area contributed by atoms with Gasteiger partial charge in [-0.05, 0) is 51.1 Å².